The maximum Gasteiger partial charge on any atom is 0.243 e. The van der Waals surface area contributed by atoms with Gasteiger partial charge in [0.25, 0.3) is 0 Å². The summed E-state index contributed by atoms with van der Waals surface area (Å²) in [7, 11) is -3.56. The monoisotopic (exact) mass is 440 g/mol. The number of piperidine rings is 1. The average molecular weight is 441 g/mol. The molecule has 1 aromatic heterocycles. The van der Waals surface area contributed by atoms with Crippen LogP contribution in [0.2, 0.25) is 0 Å². The van der Waals surface area contributed by atoms with E-state index >= 15 is 0 Å². The molecule has 3 aromatic rings. The fraction of sp³-hybridized carbons (Fsp3) is 0.391. The number of fused-ring (bicyclic) bond motifs is 1. The van der Waals surface area contributed by atoms with Crippen molar-refractivity contribution in [2.45, 2.75) is 37.5 Å². The summed E-state index contributed by atoms with van der Waals surface area (Å²) in [6.45, 7) is 3.32. The second kappa shape index (κ2) is 9.20. The number of aromatic nitrogens is 2. The molecular formula is C23H28N4O3S. The van der Waals surface area contributed by atoms with Crippen molar-refractivity contribution in [1.82, 2.24) is 19.8 Å². The minimum Gasteiger partial charge on any atom is -0.356 e. The third-order valence-corrected chi connectivity index (χ3v) is 7.93. The summed E-state index contributed by atoms with van der Waals surface area (Å²) in [5.41, 5.74) is 2.23. The first-order valence-electron chi connectivity index (χ1n) is 10.7. The van der Waals surface area contributed by atoms with Crippen molar-refractivity contribution in [3.63, 3.8) is 0 Å². The van der Waals surface area contributed by atoms with E-state index in [1.165, 1.54) is 9.87 Å². The first-order chi connectivity index (χ1) is 14.9. The van der Waals surface area contributed by atoms with Gasteiger partial charge in [-0.1, -0.05) is 30.3 Å². The molecule has 1 fully saturated rings. The molecule has 1 aliphatic heterocycles. The molecule has 1 amide bonds. The maximum atomic E-state index is 13.1. The first kappa shape index (κ1) is 21.5. The summed E-state index contributed by atoms with van der Waals surface area (Å²) in [6.07, 6.45) is 4.62. The van der Waals surface area contributed by atoms with Gasteiger partial charge in [-0.2, -0.15) is 9.40 Å². The minimum atomic E-state index is -3.56. The Labute approximate surface area is 182 Å². The second-order valence-corrected chi connectivity index (χ2v) is 10.0. The lowest BCUT2D eigenvalue weighted by atomic mass is 9.97. The highest BCUT2D eigenvalue weighted by Crippen LogP contribution is 2.26. The lowest BCUT2D eigenvalue weighted by molar-refractivity contribution is -0.126. The van der Waals surface area contributed by atoms with Crippen LogP contribution in [0, 0.1) is 12.8 Å². The fourth-order valence-electron chi connectivity index (χ4n) is 4.10. The molecule has 1 aliphatic rings. The van der Waals surface area contributed by atoms with Crippen LogP contribution in [0.3, 0.4) is 0 Å². The zero-order valence-corrected chi connectivity index (χ0v) is 18.5. The zero-order valence-electron chi connectivity index (χ0n) is 17.7. The van der Waals surface area contributed by atoms with Crippen LogP contribution in [-0.2, 0) is 21.2 Å². The number of nitrogens with zero attached hydrogens (tertiary/aromatic N) is 2. The molecule has 2 heterocycles. The number of amides is 1. The summed E-state index contributed by atoms with van der Waals surface area (Å²) < 4.78 is 27.7. The molecule has 2 aromatic carbocycles. The van der Waals surface area contributed by atoms with Crippen LogP contribution in [-0.4, -0.2) is 48.5 Å². The van der Waals surface area contributed by atoms with E-state index in [0.717, 1.165) is 29.3 Å². The Morgan fingerprint density at radius 1 is 1.16 bits per heavy atom. The highest BCUT2D eigenvalue weighted by molar-refractivity contribution is 7.89. The first-order valence-corrected chi connectivity index (χ1v) is 12.1. The molecule has 1 saturated heterocycles. The van der Waals surface area contributed by atoms with E-state index in [0.29, 0.717) is 37.4 Å². The molecule has 0 radical (unpaired) electrons. The second-order valence-electron chi connectivity index (χ2n) is 8.10. The van der Waals surface area contributed by atoms with Crippen molar-refractivity contribution in [3.05, 3.63) is 59.9 Å². The third-order valence-electron chi connectivity index (χ3n) is 6.04. The number of hydrogen-bond acceptors (Lipinski definition) is 4. The number of nitrogens with one attached hydrogen (secondary N) is 2. The van der Waals surface area contributed by atoms with Crippen LogP contribution in [0.4, 0.5) is 0 Å². The summed E-state index contributed by atoms with van der Waals surface area (Å²) in [4.78, 5) is 12.8. The molecule has 7 nitrogen and oxygen atoms in total. The number of benzene rings is 2. The summed E-state index contributed by atoms with van der Waals surface area (Å²) in [5.74, 6) is -0.120. The number of rotatable bonds is 7. The number of carbonyl (C=O) groups excluding carboxylic acids is 1. The number of carbonyl (C=O) groups is 1. The predicted molar refractivity (Wildman–Crippen MR) is 120 cm³/mol. The summed E-state index contributed by atoms with van der Waals surface area (Å²) in [6, 6.07) is 13.0. The van der Waals surface area contributed by atoms with Crippen molar-refractivity contribution in [3.8, 4) is 0 Å². The maximum absolute atomic E-state index is 13.1. The number of H-pyrrole nitrogens is 1. The quantitative estimate of drug-likeness (QED) is 0.552. The largest absolute Gasteiger partial charge is 0.356 e. The van der Waals surface area contributed by atoms with Crippen molar-refractivity contribution in [1.29, 1.82) is 0 Å². The van der Waals surface area contributed by atoms with Crippen molar-refractivity contribution in [2.75, 3.05) is 19.6 Å². The van der Waals surface area contributed by atoms with Crippen molar-refractivity contribution < 1.29 is 13.2 Å². The topological polar surface area (TPSA) is 95.2 Å². The number of aromatic amines is 1. The summed E-state index contributed by atoms with van der Waals surface area (Å²) >= 11 is 0. The zero-order chi connectivity index (χ0) is 21.8. The molecule has 0 spiro atoms. The van der Waals surface area contributed by atoms with Crippen molar-refractivity contribution >= 4 is 26.7 Å². The van der Waals surface area contributed by atoms with Gasteiger partial charge in [-0.05, 0) is 61.1 Å². The standard InChI is InChI=1S/C23H28N4O3S/c1-17-21(16-25-26-17)7-4-12-24-23(28)19-10-13-27(14-11-19)31(29,30)22-9-8-18-5-2-3-6-20(18)15-22/h2-3,5-6,8-9,15-16,19H,4,7,10-14H2,1H3,(H,24,28)(H,25,26). The van der Waals surface area contributed by atoms with Gasteiger partial charge in [0.15, 0.2) is 0 Å². The van der Waals surface area contributed by atoms with E-state index in [4.69, 9.17) is 0 Å². The van der Waals surface area contributed by atoms with Gasteiger partial charge in [-0.25, -0.2) is 8.42 Å². The van der Waals surface area contributed by atoms with E-state index in [-0.39, 0.29) is 11.8 Å². The van der Waals surface area contributed by atoms with Gasteiger partial charge in [0.2, 0.25) is 15.9 Å². The summed E-state index contributed by atoms with van der Waals surface area (Å²) in [5, 5.41) is 11.8. The molecular weight excluding hydrogens is 412 g/mol. The average Bonchev–Trinajstić information content (AvgIpc) is 3.21. The SMILES string of the molecule is Cc1[nH]ncc1CCCNC(=O)C1CCN(S(=O)(=O)c2ccc3ccccc3c2)CC1. The van der Waals surface area contributed by atoms with Crippen LogP contribution in [0.5, 0.6) is 0 Å². The van der Waals surface area contributed by atoms with Crippen LogP contribution in [0.25, 0.3) is 10.8 Å². The predicted octanol–water partition coefficient (Wildman–Crippen LogP) is 3.02. The number of sulfonamides is 1. The van der Waals surface area contributed by atoms with Crippen LogP contribution in [0.15, 0.2) is 53.6 Å². The molecule has 31 heavy (non-hydrogen) atoms. The van der Waals surface area contributed by atoms with Gasteiger partial charge in [0.05, 0.1) is 11.1 Å². The molecule has 0 bridgehead atoms. The Morgan fingerprint density at radius 3 is 2.61 bits per heavy atom. The van der Waals surface area contributed by atoms with E-state index in [1.807, 2.05) is 43.5 Å². The normalized spacial score (nSPS) is 15.9. The Bertz CT molecular complexity index is 1160. The van der Waals surface area contributed by atoms with Gasteiger partial charge in [0, 0.05) is 31.2 Å². The lowest BCUT2D eigenvalue weighted by Gasteiger charge is -2.30. The molecule has 2 N–H and O–H groups in total. The Balaban J connectivity index is 1.29. The molecule has 0 saturated carbocycles. The minimum absolute atomic E-state index is 0.0201. The highest BCUT2D eigenvalue weighted by Gasteiger charge is 2.32. The smallest absolute Gasteiger partial charge is 0.243 e. The molecule has 0 aliphatic carbocycles. The molecule has 8 heteroatoms. The van der Waals surface area contributed by atoms with Gasteiger partial charge >= 0.3 is 0 Å². The Morgan fingerprint density at radius 2 is 1.90 bits per heavy atom. The van der Waals surface area contributed by atoms with Gasteiger partial charge in [0.1, 0.15) is 0 Å². The van der Waals surface area contributed by atoms with Gasteiger partial charge in [-0.3, -0.25) is 9.89 Å². The van der Waals surface area contributed by atoms with Crippen molar-refractivity contribution in [2.24, 2.45) is 5.92 Å². The molecule has 0 atom stereocenters. The highest BCUT2D eigenvalue weighted by atomic mass is 32.2. The fourth-order valence-corrected chi connectivity index (χ4v) is 5.60. The number of hydrogen-bond donors (Lipinski definition) is 2. The van der Waals surface area contributed by atoms with Crippen LogP contribution in [0.1, 0.15) is 30.5 Å². The van der Waals surface area contributed by atoms with E-state index in [1.54, 1.807) is 12.1 Å². The Kier molecular flexibility index (Phi) is 6.38. The van der Waals surface area contributed by atoms with Gasteiger partial charge in [-0.15, -0.1) is 0 Å². The van der Waals surface area contributed by atoms with Crippen LogP contribution >= 0.6 is 0 Å². The van der Waals surface area contributed by atoms with E-state index < -0.39 is 10.0 Å². The third kappa shape index (κ3) is 4.80. The van der Waals surface area contributed by atoms with E-state index in [2.05, 4.69) is 15.5 Å². The lowest BCUT2D eigenvalue weighted by Crippen LogP contribution is -2.43. The molecule has 164 valence electrons. The molecule has 0 unspecified atom stereocenters. The van der Waals surface area contributed by atoms with Crippen LogP contribution < -0.4 is 5.32 Å². The number of aryl methyl sites for hydroxylation is 2. The molecule has 4 rings (SSSR count). The van der Waals surface area contributed by atoms with Gasteiger partial charge < -0.3 is 5.32 Å². The Hall–Kier alpha value is -2.71. The van der Waals surface area contributed by atoms with E-state index in [9.17, 15) is 13.2 Å².